The second kappa shape index (κ2) is 5.89. The maximum absolute atomic E-state index is 13.9. The number of thiazole rings is 1. The van der Waals surface area contributed by atoms with Crippen LogP contribution in [-0.2, 0) is 5.54 Å². The first-order valence-corrected chi connectivity index (χ1v) is 7.61. The van der Waals surface area contributed by atoms with Crippen LogP contribution in [0.1, 0.15) is 32.7 Å². The number of hydrogen-bond acceptors (Lipinski definition) is 5. The average molecular weight is 309 g/mol. The molecule has 4 nitrogen and oxygen atoms in total. The summed E-state index contributed by atoms with van der Waals surface area (Å²) in [7, 11) is 0. The van der Waals surface area contributed by atoms with Crippen molar-refractivity contribution >= 4 is 22.7 Å². The summed E-state index contributed by atoms with van der Waals surface area (Å²) in [4.78, 5) is 4.31. The molecule has 2 rings (SSSR count). The number of aromatic nitrogens is 1. The lowest BCUT2D eigenvalue weighted by Gasteiger charge is -2.26. The number of nitrogens with zero attached hydrogens (tertiary/aromatic N) is 1. The maximum Gasteiger partial charge on any atom is 0.167 e. The van der Waals surface area contributed by atoms with Crippen molar-refractivity contribution < 1.29 is 9.13 Å². The predicted octanol–water partition coefficient (Wildman–Crippen LogP) is 4.00. The lowest BCUT2D eigenvalue weighted by molar-refractivity contribution is 0.231. The van der Waals surface area contributed by atoms with Crippen LogP contribution in [-0.4, -0.2) is 11.1 Å². The van der Waals surface area contributed by atoms with Crippen molar-refractivity contribution in [3.63, 3.8) is 0 Å². The van der Waals surface area contributed by atoms with Crippen LogP contribution in [0.5, 0.6) is 5.75 Å². The summed E-state index contributed by atoms with van der Waals surface area (Å²) in [6, 6.07) is 2.87. The molecular weight excluding hydrogens is 289 g/mol. The van der Waals surface area contributed by atoms with Crippen LogP contribution < -0.4 is 15.8 Å². The van der Waals surface area contributed by atoms with Gasteiger partial charge < -0.3 is 15.8 Å². The van der Waals surface area contributed by atoms with Crippen LogP contribution in [0.3, 0.4) is 0 Å². The van der Waals surface area contributed by atoms with Crippen molar-refractivity contribution in [3.8, 4) is 5.75 Å². The number of halogens is 1. The molecule has 0 bridgehead atoms. The van der Waals surface area contributed by atoms with E-state index >= 15 is 0 Å². The molecule has 0 saturated carbocycles. The molecule has 0 fully saturated rings. The van der Waals surface area contributed by atoms with Gasteiger partial charge >= 0.3 is 0 Å². The molecule has 1 aromatic heterocycles. The Morgan fingerprint density at radius 1 is 1.38 bits per heavy atom. The molecule has 6 heteroatoms. The SMILES string of the molecule is CC(C)Oc1cc(NC(C)(C)c2nccs2)c(N)cc1F. The highest BCUT2D eigenvalue weighted by atomic mass is 32.1. The number of benzene rings is 1. The fourth-order valence-corrected chi connectivity index (χ4v) is 2.66. The van der Waals surface area contributed by atoms with Gasteiger partial charge in [-0.15, -0.1) is 11.3 Å². The number of nitrogens with one attached hydrogen (secondary N) is 1. The number of nitrogen functional groups attached to an aromatic ring is 1. The van der Waals surface area contributed by atoms with Gasteiger partial charge in [-0.25, -0.2) is 9.37 Å². The molecule has 0 spiro atoms. The number of ether oxygens (including phenoxy) is 1. The first-order valence-electron chi connectivity index (χ1n) is 6.73. The summed E-state index contributed by atoms with van der Waals surface area (Å²) >= 11 is 1.55. The molecule has 3 N–H and O–H groups in total. The minimum atomic E-state index is -0.459. The van der Waals surface area contributed by atoms with Crippen LogP contribution in [0.25, 0.3) is 0 Å². The zero-order chi connectivity index (χ0) is 15.6. The topological polar surface area (TPSA) is 60.2 Å². The standard InChI is InChI=1S/C15H20FN3OS/c1-9(2)20-13-8-12(11(17)7-10(13)16)19-15(3,4)14-18-5-6-21-14/h5-9,19H,17H2,1-4H3. The van der Waals surface area contributed by atoms with Gasteiger partial charge in [0.05, 0.1) is 23.0 Å². The zero-order valence-corrected chi connectivity index (χ0v) is 13.4. The highest BCUT2D eigenvalue weighted by molar-refractivity contribution is 7.09. The minimum Gasteiger partial charge on any atom is -0.488 e. The van der Waals surface area contributed by atoms with E-state index in [0.717, 1.165) is 5.01 Å². The third-order valence-electron chi connectivity index (χ3n) is 2.88. The van der Waals surface area contributed by atoms with E-state index in [1.54, 1.807) is 23.6 Å². The summed E-state index contributed by atoms with van der Waals surface area (Å²) < 4.78 is 19.3. The fourth-order valence-electron chi connectivity index (χ4n) is 1.94. The highest BCUT2D eigenvalue weighted by Gasteiger charge is 2.24. The van der Waals surface area contributed by atoms with Crippen molar-refractivity contribution in [2.24, 2.45) is 0 Å². The fraction of sp³-hybridized carbons (Fsp3) is 0.400. The first kappa shape index (κ1) is 15.6. The van der Waals surface area contributed by atoms with Gasteiger partial charge in [0.2, 0.25) is 0 Å². The van der Waals surface area contributed by atoms with Crippen molar-refractivity contribution in [2.75, 3.05) is 11.1 Å². The molecule has 0 unspecified atom stereocenters. The number of rotatable bonds is 5. The molecule has 1 heterocycles. The second-order valence-corrected chi connectivity index (χ2v) is 6.52. The summed E-state index contributed by atoms with van der Waals surface area (Å²) in [5.41, 5.74) is 6.47. The Hall–Kier alpha value is -1.82. The third kappa shape index (κ3) is 3.64. The molecular formula is C15H20FN3OS. The van der Waals surface area contributed by atoms with Crippen LogP contribution in [0.4, 0.5) is 15.8 Å². The molecule has 0 saturated heterocycles. The van der Waals surface area contributed by atoms with E-state index in [-0.39, 0.29) is 11.9 Å². The smallest absolute Gasteiger partial charge is 0.167 e. The molecule has 2 aromatic rings. The van der Waals surface area contributed by atoms with Gasteiger partial charge in [-0.2, -0.15) is 0 Å². The normalized spacial score (nSPS) is 11.7. The molecule has 0 aliphatic rings. The summed E-state index contributed by atoms with van der Waals surface area (Å²) in [6.07, 6.45) is 1.65. The van der Waals surface area contributed by atoms with Gasteiger partial charge in [0.25, 0.3) is 0 Å². The lowest BCUT2D eigenvalue weighted by atomic mass is 10.1. The Balaban J connectivity index is 2.31. The predicted molar refractivity (Wildman–Crippen MR) is 85.3 cm³/mol. The summed E-state index contributed by atoms with van der Waals surface area (Å²) in [5, 5.41) is 6.15. The molecule has 0 radical (unpaired) electrons. The summed E-state index contributed by atoms with van der Waals surface area (Å²) in [6.45, 7) is 7.69. The van der Waals surface area contributed by atoms with Crippen molar-refractivity contribution in [2.45, 2.75) is 39.3 Å². The molecule has 21 heavy (non-hydrogen) atoms. The Bertz CT molecular complexity index is 612. The van der Waals surface area contributed by atoms with Crippen molar-refractivity contribution in [3.05, 3.63) is 34.5 Å². The number of nitrogens with two attached hydrogens (primary N) is 1. The van der Waals surface area contributed by atoms with E-state index in [1.165, 1.54) is 6.07 Å². The molecule has 0 aliphatic heterocycles. The van der Waals surface area contributed by atoms with Crippen LogP contribution in [0.15, 0.2) is 23.7 Å². The van der Waals surface area contributed by atoms with Gasteiger partial charge in [-0.05, 0) is 27.7 Å². The Morgan fingerprint density at radius 2 is 2.10 bits per heavy atom. The van der Waals surface area contributed by atoms with Crippen molar-refractivity contribution in [1.29, 1.82) is 0 Å². The van der Waals surface area contributed by atoms with Gasteiger partial charge in [-0.3, -0.25) is 0 Å². The largest absolute Gasteiger partial charge is 0.488 e. The first-order chi connectivity index (χ1) is 9.79. The van der Waals surface area contributed by atoms with E-state index in [9.17, 15) is 4.39 Å². The quantitative estimate of drug-likeness (QED) is 0.820. The Labute approximate surface area is 128 Å². The van der Waals surface area contributed by atoms with Gasteiger partial charge in [0.15, 0.2) is 11.6 Å². The van der Waals surface area contributed by atoms with E-state index in [2.05, 4.69) is 10.3 Å². The Kier molecular flexibility index (Phi) is 4.37. The van der Waals surface area contributed by atoms with Crippen LogP contribution >= 0.6 is 11.3 Å². The monoisotopic (exact) mass is 309 g/mol. The molecule has 0 aliphatic carbocycles. The van der Waals surface area contributed by atoms with E-state index in [0.29, 0.717) is 11.4 Å². The number of anilines is 2. The Morgan fingerprint density at radius 3 is 2.67 bits per heavy atom. The van der Waals surface area contributed by atoms with Crippen LogP contribution in [0.2, 0.25) is 0 Å². The minimum absolute atomic E-state index is 0.108. The van der Waals surface area contributed by atoms with E-state index in [1.807, 2.05) is 33.1 Å². The third-order valence-corrected chi connectivity index (χ3v) is 3.98. The molecule has 114 valence electrons. The lowest BCUT2D eigenvalue weighted by Crippen LogP contribution is -2.28. The average Bonchev–Trinajstić information content (AvgIpc) is 2.89. The number of hydrogen-bond donors (Lipinski definition) is 2. The van der Waals surface area contributed by atoms with Gasteiger partial charge in [-0.1, -0.05) is 0 Å². The van der Waals surface area contributed by atoms with Gasteiger partial charge in [0.1, 0.15) is 5.01 Å². The van der Waals surface area contributed by atoms with Crippen molar-refractivity contribution in [1.82, 2.24) is 4.98 Å². The van der Waals surface area contributed by atoms with Crippen LogP contribution in [0, 0.1) is 5.82 Å². The van der Waals surface area contributed by atoms with E-state index < -0.39 is 11.4 Å². The zero-order valence-electron chi connectivity index (χ0n) is 12.6. The van der Waals surface area contributed by atoms with E-state index in [4.69, 9.17) is 10.5 Å². The molecule has 1 aromatic carbocycles. The highest BCUT2D eigenvalue weighted by Crippen LogP contribution is 2.34. The molecule has 0 amide bonds. The maximum atomic E-state index is 13.9. The van der Waals surface area contributed by atoms with Gasteiger partial charge in [0, 0.05) is 23.7 Å². The molecule has 0 atom stereocenters. The summed E-state index contributed by atoms with van der Waals surface area (Å²) in [5.74, 6) is -0.268. The second-order valence-electron chi connectivity index (χ2n) is 5.62.